The van der Waals surface area contributed by atoms with Gasteiger partial charge in [0.2, 0.25) is 0 Å². The first-order valence-corrected chi connectivity index (χ1v) is 8.90. The van der Waals surface area contributed by atoms with Crippen molar-refractivity contribution in [3.63, 3.8) is 0 Å². The molecule has 3 rings (SSSR count). The molecule has 1 aliphatic rings. The van der Waals surface area contributed by atoms with E-state index in [0.717, 1.165) is 25.9 Å². The van der Waals surface area contributed by atoms with Crippen LogP contribution in [0.15, 0.2) is 54.6 Å². The molecule has 1 N–H and O–H groups in total. The number of fused-ring (bicyclic) bond motifs is 1. The minimum atomic E-state index is -0.451. The van der Waals surface area contributed by atoms with Gasteiger partial charge in [-0.05, 0) is 29.5 Å². The summed E-state index contributed by atoms with van der Waals surface area (Å²) in [5.41, 5.74) is 4.00. The van der Waals surface area contributed by atoms with E-state index in [-0.39, 0.29) is 6.10 Å². The number of rotatable bonds is 7. The zero-order chi connectivity index (χ0) is 16.8. The van der Waals surface area contributed by atoms with E-state index in [4.69, 9.17) is 4.74 Å². The average molecular weight is 325 g/mol. The lowest BCUT2D eigenvalue weighted by atomic mass is 10.00. The van der Waals surface area contributed by atoms with Gasteiger partial charge in [-0.3, -0.25) is 4.90 Å². The Kier molecular flexibility index (Phi) is 6.02. The molecule has 128 valence electrons. The van der Waals surface area contributed by atoms with Crippen LogP contribution in [0.25, 0.3) is 0 Å². The van der Waals surface area contributed by atoms with Crippen LogP contribution in [0.5, 0.6) is 0 Å². The van der Waals surface area contributed by atoms with Crippen molar-refractivity contribution in [1.82, 2.24) is 4.90 Å². The van der Waals surface area contributed by atoms with E-state index in [1.807, 2.05) is 18.2 Å². The van der Waals surface area contributed by atoms with Gasteiger partial charge in [0.05, 0.1) is 18.8 Å². The maximum atomic E-state index is 10.4. The Hall–Kier alpha value is -1.68. The summed E-state index contributed by atoms with van der Waals surface area (Å²) >= 11 is 0. The molecule has 0 fully saturated rings. The second-order valence-corrected chi connectivity index (χ2v) is 6.55. The van der Waals surface area contributed by atoms with Crippen LogP contribution in [0.3, 0.4) is 0 Å². The molecule has 0 amide bonds. The smallest absolute Gasteiger partial charge is 0.0900 e. The fourth-order valence-corrected chi connectivity index (χ4v) is 3.41. The fraction of sp³-hybridized carbons (Fsp3) is 0.429. The molecule has 24 heavy (non-hydrogen) atoms. The first kappa shape index (κ1) is 17.2. The summed E-state index contributed by atoms with van der Waals surface area (Å²) in [6, 6.07) is 18.8. The zero-order valence-electron chi connectivity index (χ0n) is 14.4. The van der Waals surface area contributed by atoms with E-state index in [1.54, 1.807) is 0 Å². The van der Waals surface area contributed by atoms with Crippen molar-refractivity contribution >= 4 is 0 Å². The maximum Gasteiger partial charge on any atom is 0.0900 e. The van der Waals surface area contributed by atoms with Gasteiger partial charge >= 0.3 is 0 Å². The largest absolute Gasteiger partial charge is 0.389 e. The molecule has 0 aliphatic carbocycles. The molecule has 2 atom stereocenters. The van der Waals surface area contributed by atoms with Crippen LogP contribution in [0.2, 0.25) is 0 Å². The topological polar surface area (TPSA) is 32.7 Å². The molecule has 0 saturated heterocycles. The van der Waals surface area contributed by atoms with Gasteiger partial charge in [0, 0.05) is 19.6 Å². The third kappa shape index (κ3) is 4.44. The van der Waals surface area contributed by atoms with E-state index < -0.39 is 6.10 Å². The molecule has 0 saturated carbocycles. The average Bonchev–Trinajstić information content (AvgIpc) is 2.63. The monoisotopic (exact) mass is 325 g/mol. The van der Waals surface area contributed by atoms with Crippen molar-refractivity contribution in [2.75, 3.05) is 19.7 Å². The standard InChI is InChI=1S/C21H27NO2/c1-2-21(18-9-4-3-5-10-18)24-16-20(23)15-22-13-12-17-8-6-7-11-19(17)14-22/h3-11,20-21,23H,2,12-16H2,1H3/t20-,21-/m1/s1. The molecule has 1 heterocycles. The Morgan fingerprint density at radius 3 is 2.50 bits per heavy atom. The van der Waals surface area contributed by atoms with E-state index in [9.17, 15) is 5.11 Å². The first-order chi connectivity index (χ1) is 11.8. The number of hydrogen-bond donors (Lipinski definition) is 1. The van der Waals surface area contributed by atoms with Gasteiger partial charge in [0.15, 0.2) is 0 Å². The summed E-state index contributed by atoms with van der Waals surface area (Å²) in [4.78, 5) is 2.32. The molecule has 3 heteroatoms. The number of aliphatic hydroxyl groups is 1. The van der Waals surface area contributed by atoms with Crippen molar-refractivity contribution < 1.29 is 9.84 Å². The highest BCUT2D eigenvalue weighted by Crippen LogP contribution is 2.22. The van der Waals surface area contributed by atoms with E-state index >= 15 is 0 Å². The molecule has 3 nitrogen and oxygen atoms in total. The van der Waals surface area contributed by atoms with Crippen LogP contribution in [-0.4, -0.2) is 35.8 Å². The Morgan fingerprint density at radius 2 is 1.75 bits per heavy atom. The summed E-state index contributed by atoms with van der Waals surface area (Å²) in [7, 11) is 0. The number of aliphatic hydroxyl groups excluding tert-OH is 1. The molecule has 0 bridgehead atoms. The molecule has 0 spiro atoms. The lowest BCUT2D eigenvalue weighted by Crippen LogP contribution is -2.38. The number of β-amino-alcohol motifs (C(OH)–C–C–N with tert-alkyl or cyclic N) is 1. The van der Waals surface area contributed by atoms with E-state index in [1.165, 1.54) is 16.7 Å². The highest BCUT2D eigenvalue weighted by molar-refractivity contribution is 5.29. The minimum Gasteiger partial charge on any atom is -0.389 e. The van der Waals surface area contributed by atoms with Crippen molar-refractivity contribution in [2.45, 2.75) is 38.5 Å². The summed E-state index contributed by atoms with van der Waals surface area (Å²) < 4.78 is 5.97. The lowest BCUT2D eigenvalue weighted by Gasteiger charge is -2.30. The molecule has 0 radical (unpaired) electrons. The van der Waals surface area contributed by atoms with Gasteiger partial charge in [0.25, 0.3) is 0 Å². The molecular weight excluding hydrogens is 298 g/mol. The molecular formula is C21H27NO2. The van der Waals surface area contributed by atoms with Gasteiger partial charge in [-0.15, -0.1) is 0 Å². The number of nitrogens with zero attached hydrogens (tertiary/aromatic N) is 1. The van der Waals surface area contributed by atoms with Gasteiger partial charge in [-0.1, -0.05) is 61.5 Å². The Balaban J connectivity index is 1.48. The van der Waals surface area contributed by atoms with E-state index in [0.29, 0.717) is 13.2 Å². The Morgan fingerprint density at radius 1 is 1.04 bits per heavy atom. The second-order valence-electron chi connectivity index (χ2n) is 6.55. The van der Waals surface area contributed by atoms with Crippen LogP contribution >= 0.6 is 0 Å². The van der Waals surface area contributed by atoms with Gasteiger partial charge < -0.3 is 9.84 Å². The Labute approximate surface area is 144 Å². The van der Waals surface area contributed by atoms with Gasteiger partial charge in [0.1, 0.15) is 0 Å². The van der Waals surface area contributed by atoms with Crippen LogP contribution in [0.1, 0.15) is 36.1 Å². The van der Waals surface area contributed by atoms with Gasteiger partial charge in [-0.2, -0.15) is 0 Å². The normalized spacial score (nSPS) is 17.2. The first-order valence-electron chi connectivity index (χ1n) is 8.90. The van der Waals surface area contributed by atoms with Crippen molar-refractivity contribution in [3.8, 4) is 0 Å². The van der Waals surface area contributed by atoms with Crippen molar-refractivity contribution in [2.24, 2.45) is 0 Å². The van der Waals surface area contributed by atoms with Crippen LogP contribution in [0.4, 0.5) is 0 Å². The Bertz CT molecular complexity index is 629. The van der Waals surface area contributed by atoms with Crippen LogP contribution in [-0.2, 0) is 17.7 Å². The number of benzene rings is 2. The predicted molar refractivity (Wildman–Crippen MR) is 96.9 cm³/mol. The highest BCUT2D eigenvalue weighted by atomic mass is 16.5. The highest BCUT2D eigenvalue weighted by Gasteiger charge is 2.19. The minimum absolute atomic E-state index is 0.0583. The number of hydrogen-bond acceptors (Lipinski definition) is 3. The molecule has 0 aromatic heterocycles. The second kappa shape index (κ2) is 8.43. The maximum absolute atomic E-state index is 10.4. The van der Waals surface area contributed by atoms with Gasteiger partial charge in [-0.25, -0.2) is 0 Å². The quantitative estimate of drug-likeness (QED) is 0.845. The molecule has 2 aromatic rings. The van der Waals surface area contributed by atoms with Crippen molar-refractivity contribution in [3.05, 3.63) is 71.3 Å². The molecule has 1 aliphatic heterocycles. The fourth-order valence-electron chi connectivity index (χ4n) is 3.41. The molecule has 0 unspecified atom stereocenters. The third-order valence-electron chi connectivity index (χ3n) is 4.71. The summed E-state index contributed by atoms with van der Waals surface area (Å²) in [5, 5.41) is 10.4. The molecule has 2 aromatic carbocycles. The zero-order valence-corrected chi connectivity index (χ0v) is 14.4. The summed E-state index contributed by atoms with van der Waals surface area (Å²) in [6.45, 7) is 5.09. The van der Waals surface area contributed by atoms with E-state index in [2.05, 4.69) is 48.2 Å². The van der Waals surface area contributed by atoms with Crippen molar-refractivity contribution in [1.29, 1.82) is 0 Å². The summed E-state index contributed by atoms with van der Waals surface area (Å²) in [5.74, 6) is 0. The lowest BCUT2D eigenvalue weighted by molar-refractivity contribution is -0.0249. The van der Waals surface area contributed by atoms with Crippen LogP contribution in [0, 0.1) is 0 Å². The number of ether oxygens (including phenoxy) is 1. The summed E-state index contributed by atoms with van der Waals surface area (Å²) in [6.07, 6.45) is 1.58. The third-order valence-corrected chi connectivity index (χ3v) is 4.71. The SMILES string of the molecule is CC[C@@H](OC[C@H](O)CN1CCc2ccccc2C1)c1ccccc1. The van der Waals surface area contributed by atoms with Crippen LogP contribution < -0.4 is 0 Å². The predicted octanol–water partition coefficient (Wildman–Crippen LogP) is 3.57.